The molecule has 0 spiro atoms. The van der Waals surface area contributed by atoms with Crippen molar-refractivity contribution in [1.29, 1.82) is 0 Å². The first-order chi connectivity index (χ1) is 9.06. The number of nitrogens with two attached hydrogens (primary N) is 1. The van der Waals surface area contributed by atoms with Gasteiger partial charge in [-0.05, 0) is 31.5 Å². The van der Waals surface area contributed by atoms with Crippen LogP contribution in [0.2, 0.25) is 0 Å². The summed E-state index contributed by atoms with van der Waals surface area (Å²) < 4.78 is 5.21. The van der Waals surface area contributed by atoms with Crippen LogP contribution in [0, 0.1) is 0 Å². The van der Waals surface area contributed by atoms with Crippen LogP contribution in [0.5, 0.6) is 0 Å². The van der Waals surface area contributed by atoms with Gasteiger partial charge in [0.1, 0.15) is 0 Å². The molecule has 1 aliphatic heterocycles. The first kappa shape index (κ1) is 13.7. The number of amides is 1. The predicted molar refractivity (Wildman–Crippen MR) is 77.5 cm³/mol. The number of likely N-dealkylation sites (N-methyl/N-ethyl adjacent to an activating group) is 1. The molecule has 5 heteroatoms. The summed E-state index contributed by atoms with van der Waals surface area (Å²) >= 11 is 0. The summed E-state index contributed by atoms with van der Waals surface area (Å²) in [4.78, 5) is 13.6. The zero-order valence-corrected chi connectivity index (χ0v) is 11.7. The van der Waals surface area contributed by atoms with Gasteiger partial charge in [-0.3, -0.25) is 4.79 Å². The lowest BCUT2D eigenvalue weighted by Gasteiger charge is -2.31. The van der Waals surface area contributed by atoms with Crippen molar-refractivity contribution in [3.8, 4) is 0 Å². The van der Waals surface area contributed by atoms with E-state index in [1.807, 2.05) is 12.1 Å². The van der Waals surface area contributed by atoms with Gasteiger partial charge in [-0.1, -0.05) is 0 Å². The summed E-state index contributed by atoms with van der Waals surface area (Å²) in [6, 6.07) is 4.09. The average Bonchev–Trinajstić information content (AvgIpc) is 2.70. The van der Waals surface area contributed by atoms with E-state index in [4.69, 9.17) is 10.5 Å². The highest BCUT2D eigenvalue weighted by Gasteiger charge is 2.22. The van der Waals surface area contributed by atoms with E-state index in [0.29, 0.717) is 18.7 Å². The maximum atomic E-state index is 11.4. The number of rotatable bonds is 5. The molecular weight excluding hydrogens is 242 g/mol. The Morgan fingerprint density at radius 1 is 1.53 bits per heavy atom. The molecule has 0 fully saturated rings. The van der Waals surface area contributed by atoms with E-state index in [-0.39, 0.29) is 11.9 Å². The molecule has 0 aliphatic carbocycles. The zero-order chi connectivity index (χ0) is 14.0. The average molecular weight is 263 g/mol. The maximum Gasteiger partial charge on any atom is 0.228 e. The first-order valence-electron chi connectivity index (χ1n) is 6.54. The molecule has 1 aromatic rings. The second kappa shape index (κ2) is 5.48. The highest BCUT2D eigenvalue weighted by molar-refractivity contribution is 6.00. The Balaban J connectivity index is 2.33. The molecule has 19 heavy (non-hydrogen) atoms. The molecule has 1 atom stereocenters. The quantitative estimate of drug-likeness (QED) is 0.792. The van der Waals surface area contributed by atoms with Gasteiger partial charge in [-0.25, -0.2) is 0 Å². The van der Waals surface area contributed by atoms with E-state index in [9.17, 15) is 4.79 Å². The molecule has 2 rings (SSSR count). The van der Waals surface area contributed by atoms with Gasteiger partial charge in [0.25, 0.3) is 0 Å². The number of fused-ring (bicyclic) bond motifs is 1. The zero-order valence-electron chi connectivity index (χ0n) is 11.7. The number of nitrogens with zero attached hydrogens (tertiary/aromatic N) is 1. The van der Waals surface area contributed by atoms with Gasteiger partial charge in [-0.2, -0.15) is 0 Å². The molecule has 104 valence electrons. The minimum Gasteiger partial charge on any atom is -0.397 e. The van der Waals surface area contributed by atoms with E-state index < -0.39 is 0 Å². The van der Waals surface area contributed by atoms with E-state index in [0.717, 1.165) is 23.5 Å². The third-order valence-electron chi connectivity index (χ3n) is 3.47. The van der Waals surface area contributed by atoms with Crippen molar-refractivity contribution in [3.63, 3.8) is 0 Å². The Labute approximate surface area is 113 Å². The van der Waals surface area contributed by atoms with E-state index in [1.165, 1.54) is 0 Å². The molecule has 0 saturated carbocycles. The minimum atomic E-state index is 0.0274. The summed E-state index contributed by atoms with van der Waals surface area (Å²) in [5.74, 6) is 0.0274. The highest BCUT2D eigenvalue weighted by atomic mass is 16.5. The largest absolute Gasteiger partial charge is 0.397 e. The first-order valence-corrected chi connectivity index (χ1v) is 6.54. The molecule has 1 amide bonds. The molecule has 0 radical (unpaired) electrons. The third kappa shape index (κ3) is 2.66. The highest BCUT2D eigenvalue weighted by Crippen LogP contribution is 2.34. The Morgan fingerprint density at radius 3 is 2.89 bits per heavy atom. The minimum absolute atomic E-state index is 0.0274. The lowest BCUT2D eigenvalue weighted by molar-refractivity contribution is -0.115. The van der Waals surface area contributed by atoms with Gasteiger partial charge < -0.3 is 20.7 Å². The van der Waals surface area contributed by atoms with Crippen molar-refractivity contribution in [2.45, 2.75) is 26.3 Å². The molecule has 0 bridgehead atoms. The van der Waals surface area contributed by atoms with Crippen LogP contribution in [0.15, 0.2) is 12.1 Å². The summed E-state index contributed by atoms with van der Waals surface area (Å²) in [5, 5.41) is 2.86. The van der Waals surface area contributed by atoms with Crippen molar-refractivity contribution < 1.29 is 9.53 Å². The number of nitrogens with one attached hydrogen (secondary N) is 1. The molecular formula is C14H21N3O2. The third-order valence-corrected chi connectivity index (χ3v) is 3.47. The monoisotopic (exact) mass is 263 g/mol. The fraction of sp³-hybridized carbons (Fsp3) is 0.500. The van der Waals surface area contributed by atoms with Crippen LogP contribution in [0.25, 0.3) is 0 Å². The number of carbonyl (C=O) groups is 1. The Morgan fingerprint density at radius 2 is 2.26 bits per heavy atom. The fourth-order valence-electron chi connectivity index (χ4n) is 2.58. The number of hydrogen-bond acceptors (Lipinski definition) is 4. The SMILES string of the molecule is CCN(c1cc2c(cc1N)CC(=O)N2)C(C)COC. The number of nitrogen functional groups attached to an aromatic ring is 1. The normalized spacial score (nSPS) is 15.0. The van der Waals surface area contributed by atoms with Crippen molar-refractivity contribution in [1.82, 2.24) is 0 Å². The van der Waals surface area contributed by atoms with Crippen LogP contribution in [0.4, 0.5) is 17.1 Å². The summed E-state index contributed by atoms with van der Waals surface area (Å²) in [5.41, 5.74) is 9.63. The van der Waals surface area contributed by atoms with E-state index in [2.05, 4.69) is 24.1 Å². The Hall–Kier alpha value is -1.75. The lowest BCUT2D eigenvalue weighted by atomic mass is 10.1. The molecule has 5 nitrogen and oxygen atoms in total. The number of methoxy groups -OCH3 is 1. The second-order valence-corrected chi connectivity index (χ2v) is 4.88. The van der Waals surface area contributed by atoms with Gasteiger partial charge in [0.05, 0.1) is 24.4 Å². The van der Waals surface area contributed by atoms with Gasteiger partial charge in [0.15, 0.2) is 0 Å². The van der Waals surface area contributed by atoms with Crippen LogP contribution in [0.1, 0.15) is 19.4 Å². The molecule has 0 aromatic heterocycles. The Kier molecular flexibility index (Phi) is 3.95. The van der Waals surface area contributed by atoms with Gasteiger partial charge in [0.2, 0.25) is 5.91 Å². The van der Waals surface area contributed by atoms with Crippen LogP contribution < -0.4 is 16.0 Å². The van der Waals surface area contributed by atoms with Crippen molar-refractivity contribution >= 4 is 23.0 Å². The molecule has 1 aromatic carbocycles. The number of anilines is 3. The molecule has 1 unspecified atom stereocenters. The second-order valence-electron chi connectivity index (χ2n) is 4.88. The van der Waals surface area contributed by atoms with E-state index in [1.54, 1.807) is 7.11 Å². The Bertz CT molecular complexity index is 488. The number of carbonyl (C=O) groups excluding carboxylic acids is 1. The fourth-order valence-corrected chi connectivity index (χ4v) is 2.58. The van der Waals surface area contributed by atoms with Crippen LogP contribution in [-0.4, -0.2) is 32.2 Å². The number of ether oxygens (including phenoxy) is 1. The molecule has 1 heterocycles. The van der Waals surface area contributed by atoms with Crippen molar-refractivity contribution in [3.05, 3.63) is 17.7 Å². The van der Waals surface area contributed by atoms with E-state index >= 15 is 0 Å². The number of hydrogen-bond donors (Lipinski definition) is 2. The van der Waals surface area contributed by atoms with Gasteiger partial charge in [0, 0.05) is 25.4 Å². The topological polar surface area (TPSA) is 67.6 Å². The molecule has 1 aliphatic rings. The molecule has 0 saturated heterocycles. The summed E-state index contributed by atoms with van der Waals surface area (Å²) in [6.45, 7) is 5.65. The van der Waals surface area contributed by atoms with Gasteiger partial charge in [-0.15, -0.1) is 0 Å². The van der Waals surface area contributed by atoms with Crippen molar-refractivity contribution in [2.75, 3.05) is 36.2 Å². The summed E-state index contributed by atoms with van der Waals surface area (Å²) in [6.07, 6.45) is 0.416. The number of benzene rings is 1. The smallest absolute Gasteiger partial charge is 0.228 e. The predicted octanol–water partition coefficient (Wildman–Crippen LogP) is 1.62. The molecule has 3 N–H and O–H groups in total. The maximum absolute atomic E-state index is 11.4. The van der Waals surface area contributed by atoms with Crippen LogP contribution >= 0.6 is 0 Å². The van der Waals surface area contributed by atoms with Gasteiger partial charge >= 0.3 is 0 Å². The van der Waals surface area contributed by atoms with Crippen LogP contribution in [0.3, 0.4) is 0 Å². The van der Waals surface area contributed by atoms with Crippen LogP contribution in [-0.2, 0) is 16.0 Å². The summed E-state index contributed by atoms with van der Waals surface area (Å²) in [7, 11) is 1.69. The standard InChI is InChI=1S/C14H21N3O2/c1-4-17(9(2)8-19-3)13-7-12-10(5-11(13)15)6-14(18)16-12/h5,7,9H,4,6,8,15H2,1-3H3,(H,16,18). The lowest BCUT2D eigenvalue weighted by Crippen LogP contribution is -2.36. The van der Waals surface area contributed by atoms with Crippen molar-refractivity contribution in [2.24, 2.45) is 0 Å².